The first-order valence-electron chi connectivity index (χ1n) is 35.8. The van der Waals surface area contributed by atoms with E-state index < -0.39 is 91.5 Å². The Kier molecular flexibility index (Phi) is 65.6. The normalized spacial score (nSPS) is 15.1. The quantitative estimate of drug-likeness (QED) is 0.0146. The Balaban J connectivity index is 4.53. The van der Waals surface area contributed by atoms with Gasteiger partial charge in [-0.05, 0) is 128 Å². The maximum atomic E-state index is 12.9. The number of unbranched alkanes of at least 4 members (excludes halogenated alkanes) is 17. The van der Waals surface area contributed by atoms with Gasteiger partial charge in [-0.25, -0.2) is 9.13 Å². The second-order valence-electron chi connectivity index (χ2n) is 23.3. The van der Waals surface area contributed by atoms with Crippen LogP contribution in [0.1, 0.15) is 252 Å². The average Bonchev–Trinajstić information content (AvgIpc) is 2.67. The smallest absolute Gasteiger partial charge is 0.463 e. The van der Waals surface area contributed by atoms with Gasteiger partial charge in [0.2, 0.25) is 0 Å². The van der Waals surface area contributed by atoms with Crippen molar-refractivity contribution in [3.05, 3.63) is 158 Å². The number of carbonyl (C=O) groups is 3. The molecule has 0 aliphatic rings. The number of aliphatic hydroxyl groups excluding tert-OH is 2. The van der Waals surface area contributed by atoms with E-state index in [0.717, 1.165) is 141 Å². The number of ether oxygens (including phenoxy) is 3. The number of carbonyl (C=O) groups excluding carboxylic acids is 3. The van der Waals surface area contributed by atoms with Crippen molar-refractivity contribution in [2.24, 2.45) is 0 Å². The van der Waals surface area contributed by atoms with E-state index in [2.05, 4.69) is 161 Å². The first-order valence-corrected chi connectivity index (χ1v) is 38.8. The molecule has 0 radical (unpaired) electrons. The van der Waals surface area contributed by atoms with E-state index >= 15 is 0 Å². The highest BCUT2D eigenvalue weighted by atomic mass is 31.2. The molecule has 0 bridgehead atoms. The molecule has 0 saturated heterocycles. The number of rotatable bonds is 66. The van der Waals surface area contributed by atoms with Gasteiger partial charge in [-0.15, -0.1) is 0 Å². The van der Waals surface area contributed by atoms with Crippen LogP contribution in [0.5, 0.6) is 0 Å². The fourth-order valence-electron chi connectivity index (χ4n) is 8.81. The Bertz CT molecular complexity index is 2360. The molecule has 0 aromatic rings. The zero-order valence-electron chi connectivity index (χ0n) is 58.5. The number of phosphoric acid groups is 2. The minimum atomic E-state index is -4.94. The number of phosphoric ester groups is 2. The monoisotopic (exact) mass is 1370 g/mol. The molecule has 0 fully saturated rings. The summed E-state index contributed by atoms with van der Waals surface area (Å²) in [4.78, 5) is 58.3. The topological polar surface area (TPSA) is 231 Å². The lowest BCUT2D eigenvalue weighted by Crippen LogP contribution is -2.30. The van der Waals surface area contributed by atoms with Gasteiger partial charge in [-0.2, -0.15) is 0 Å². The van der Waals surface area contributed by atoms with Crippen LogP contribution < -0.4 is 0 Å². The third kappa shape index (κ3) is 70.3. The largest absolute Gasteiger partial charge is 0.472 e. The number of allylic oxidation sites excluding steroid dienone is 26. The molecule has 16 nitrogen and oxygen atoms in total. The van der Waals surface area contributed by atoms with Crippen LogP contribution in [0.15, 0.2) is 158 Å². The Morgan fingerprint density at radius 3 is 0.958 bits per heavy atom. The van der Waals surface area contributed by atoms with Crippen LogP contribution in [-0.4, -0.2) is 95.9 Å². The summed E-state index contributed by atoms with van der Waals surface area (Å²) >= 11 is 0. The summed E-state index contributed by atoms with van der Waals surface area (Å²) in [5.41, 5.74) is 0. The van der Waals surface area contributed by atoms with Crippen LogP contribution in [-0.2, 0) is 55.8 Å². The molecule has 0 spiro atoms. The van der Waals surface area contributed by atoms with E-state index in [0.29, 0.717) is 25.7 Å². The highest BCUT2D eigenvalue weighted by Gasteiger charge is 2.29. The molecule has 18 heteroatoms. The average molecular weight is 1370 g/mol. The molecule has 0 rings (SSSR count). The van der Waals surface area contributed by atoms with Crippen LogP contribution in [0.25, 0.3) is 0 Å². The molecule has 95 heavy (non-hydrogen) atoms. The molecular formula is C77H126O16P2. The second-order valence-corrected chi connectivity index (χ2v) is 26.2. The highest BCUT2D eigenvalue weighted by Crippen LogP contribution is 2.45. The van der Waals surface area contributed by atoms with Crippen LogP contribution >= 0.6 is 15.6 Å². The summed E-state index contributed by atoms with van der Waals surface area (Å²) in [5, 5.41) is 20.6. The van der Waals surface area contributed by atoms with Gasteiger partial charge in [0.1, 0.15) is 25.4 Å². The SMILES string of the molecule is CC/C=C\C/C=C\C/C=C\C/C=C\C/C=C\C/C=C\CCCCCCCCCCCCC(=O)OCC(O)COP(=O)(O)OCC(O)COP(=O)(O)OCC(COC(=O)CC/C=C\C/C=C\C/C=C\C/C=C\C/C=C\C/C=C\CC)OC(=O)CCCCCCC/C=C\CCCC. The minimum Gasteiger partial charge on any atom is -0.463 e. The summed E-state index contributed by atoms with van der Waals surface area (Å²) in [6.45, 7) is 2.27. The minimum absolute atomic E-state index is 0.0393. The molecule has 0 heterocycles. The van der Waals surface area contributed by atoms with Gasteiger partial charge >= 0.3 is 33.6 Å². The molecule has 0 aliphatic heterocycles. The fourth-order valence-corrected chi connectivity index (χ4v) is 10.4. The first kappa shape index (κ1) is 90.2. The van der Waals surface area contributed by atoms with E-state index in [4.69, 9.17) is 32.3 Å². The predicted octanol–water partition coefficient (Wildman–Crippen LogP) is 20.3. The summed E-state index contributed by atoms with van der Waals surface area (Å²) in [5.74, 6) is -1.70. The molecule has 0 aromatic heterocycles. The lowest BCUT2D eigenvalue weighted by atomic mass is 10.1. The van der Waals surface area contributed by atoms with Gasteiger partial charge in [0.15, 0.2) is 6.10 Å². The van der Waals surface area contributed by atoms with Crippen LogP contribution in [0, 0.1) is 0 Å². The van der Waals surface area contributed by atoms with Gasteiger partial charge in [-0.1, -0.05) is 262 Å². The molecule has 0 amide bonds. The first-order chi connectivity index (χ1) is 46.2. The van der Waals surface area contributed by atoms with Crippen molar-refractivity contribution in [2.75, 3.05) is 39.6 Å². The predicted molar refractivity (Wildman–Crippen MR) is 389 cm³/mol. The third-order valence-corrected chi connectivity index (χ3v) is 16.1. The maximum Gasteiger partial charge on any atom is 0.472 e. The molecule has 5 atom stereocenters. The standard InChI is InChI=1S/C77H126O16P2/c1-4-7-10-13-16-19-22-24-26-28-30-31-32-33-34-35-36-37-38-39-41-43-44-46-49-51-54-57-60-63-75(80)87-66-72(78)67-89-94(83,84)90-68-73(79)69-91-95(85,86)92-71-74(93-77(82)65-62-59-56-53-48-21-18-15-12-9-6-3)70-88-76(81)64-61-58-55-52-50-47-45-42-40-29-27-25-23-20-17-14-11-8-5-2/h7-8,10-11,15-20,24-27,30-31,33-34,36-37,40,42,47,50,55,58,72-74,78-79H,4-6,9,12-14,21-23,28-29,32,35,38-39,41,43-46,48-49,51-54,56-57,59-71H2,1-3H3,(H,83,84)(H,85,86)/b10-7-,11-8-,18-15-,19-16-,20-17-,26-24-,27-25-,31-30-,34-33-,37-36-,42-40-,50-47-,58-55-. The third-order valence-electron chi connectivity index (χ3n) is 14.2. The van der Waals surface area contributed by atoms with E-state index in [1.807, 2.05) is 18.2 Å². The number of esters is 3. The van der Waals surface area contributed by atoms with E-state index in [1.54, 1.807) is 0 Å². The van der Waals surface area contributed by atoms with Crippen LogP contribution in [0.3, 0.4) is 0 Å². The van der Waals surface area contributed by atoms with Crippen molar-refractivity contribution in [1.82, 2.24) is 0 Å². The van der Waals surface area contributed by atoms with Crippen molar-refractivity contribution in [3.8, 4) is 0 Å². The van der Waals surface area contributed by atoms with Crippen LogP contribution in [0.2, 0.25) is 0 Å². The van der Waals surface area contributed by atoms with Gasteiger partial charge in [0.25, 0.3) is 0 Å². The number of hydrogen-bond acceptors (Lipinski definition) is 14. The zero-order valence-corrected chi connectivity index (χ0v) is 60.3. The van der Waals surface area contributed by atoms with Crippen molar-refractivity contribution < 1.29 is 75.8 Å². The van der Waals surface area contributed by atoms with E-state index in [1.165, 1.54) is 44.9 Å². The Labute approximate surface area is 574 Å². The van der Waals surface area contributed by atoms with Gasteiger partial charge in [0.05, 0.1) is 26.4 Å². The summed E-state index contributed by atoms with van der Waals surface area (Å²) in [6, 6.07) is 0. The summed E-state index contributed by atoms with van der Waals surface area (Å²) in [7, 11) is -9.81. The maximum absolute atomic E-state index is 12.9. The summed E-state index contributed by atoms with van der Waals surface area (Å²) in [6.07, 6.45) is 84.7. The van der Waals surface area contributed by atoms with Gasteiger partial charge in [0, 0.05) is 19.3 Å². The molecule has 4 N–H and O–H groups in total. The van der Waals surface area contributed by atoms with Crippen molar-refractivity contribution >= 4 is 33.6 Å². The zero-order chi connectivity index (χ0) is 69.5. The highest BCUT2D eigenvalue weighted by molar-refractivity contribution is 7.47. The molecular weight excluding hydrogens is 1240 g/mol. The van der Waals surface area contributed by atoms with Crippen LogP contribution in [0.4, 0.5) is 0 Å². The second kappa shape index (κ2) is 69.1. The van der Waals surface area contributed by atoms with Crippen molar-refractivity contribution in [3.63, 3.8) is 0 Å². The van der Waals surface area contributed by atoms with Gasteiger partial charge < -0.3 is 34.2 Å². The van der Waals surface area contributed by atoms with Gasteiger partial charge in [-0.3, -0.25) is 32.5 Å². The molecule has 540 valence electrons. The summed E-state index contributed by atoms with van der Waals surface area (Å²) < 4.78 is 60.8. The fraction of sp³-hybridized carbons (Fsp3) is 0.623. The molecule has 0 aromatic carbocycles. The molecule has 5 unspecified atom stereocenters. The van der Waals surface area contributed by atoms with E-state index in [9.17, 15) is 43.5 Å². The van der Waals surface area contributed by atoms with Crippen molar-refractivity contribution in [1.29, 1.82) is 0 Å². The molecule has 0 saturated carbocycles. The Hall–Kier alpha value is -4.83. The Morgan fingerprint density at radius 1 is 0.305 bits per heavy atom. The number of aliphatic hydroxyl groups is 2. The molecule has 0 aliphatic carbocycles. The lowest BCUT2D eigenvalue weighted by molar-refractivity contribution is -0.161. The Morgan fingerprint density at radius 2 is 0.579 bits per heavy atom. The number of hydrogen-bond donors (Lipinski definition) is 4. The lowest BCUT2D eigenvalue weighted by Gasteiger charge is -2.21. The van der Waals surface area contributed by atoms with Crippen molar-refractivity contribution in [2.45, 2.75) is 270 Å². The van der Waals surface area contributed by atoms with E-state index in [-0.39, 0.29) is 19.3 Å².